The topological polar surface area (TPSA) is 52.1 Å². The van der Waals surface area contributed by atoms with Crippen molar-refractivity contribution in [2.45, 2.75) is 19.3 Å². The Labute approximate surface area is 306 Å². The van der Waals surface area contributed by atoms with Gasteiger partial charge in [-0.1, -0.05) is 135 Å². The molecule has 11 rings (SSSR count). The van der Waals surface area contributed by atoms with E-state index in [4.69, 9.17) is 18.8 Å². The van der Waals surface area contributed by atoms with Gasteiger partial charge >= 0.3 is 0 Å². The third-order valence-corrected chi connectivity index (χ3v) is 11.1. The number of fused-ring (bicyclic) bond motifs is 9. The van der Waals surface area contributed by atoms with Gasteiger partial charge in [-0.25, -0.2) is 4.98 Å². The Hall–Kier alpha value is -6.78. The van der Waals surface area contributed by atoms with E-state index >= 15 is 0 Å². The molecule has 53 heavy (non-hydrogen) atoms. The average Bonchev–Trinajstić information content (AvgIpc) is 3.85. The Morgan fingerprint density at radius 3 is 1.94 bits per heavy atom. The SMILES string of the molecule is CC1(C)c2ccccc2-c2ccc(-c3ccc4c(c3)oc3cccc(-c5nc(-c6ccccc6)nc6oc7ccc(-c8ccccc8)cc7c56)c34)cc21. The minimum atomic E-state index is -0.0686. The average molecular weight is 681 g/mol. The van der Waals surface area contributed by atoms with Crippen LogP contribution in [0.15, 0.2) is 167 Å². The molecule has 3 heterocycles. The predicted molar refractivity (Wildman–Crippen MR) is 216 cm³/mol. The van der Waals surface area contributed by atoms with E-state index in [0.29, 0.717) is 11.5 Å². The van der Waals surface area contributed by atoms with Crippen molar-refractivity contribution in [2.24, 2.45) is 0 Å². The minimum Gasteiger partial charge on any atom is -0.456 e. The highest BCUT2D eigenvalue weighted by atomic mass is 16.3. The Bertz CT molecular complexity index is 3080. The van der Waals surface area contributed by atoms with Crippen molar-refractivity contribution in [3.8, 4) is 56.0 Å². The van der Waals surface area contributed by atoms with Gasteiger partial charge in [0.05, 0.1) is 11.1 Å². The lowest BCUT2D eigenvalue weighted by atomic mass is 9.81. The molecule has 4 nitrogen and oxygen atoms in total. The first kappa shape index (κ1) is 29.9. The van der Waals surface area contributed by atoms with Crippen LogP contribution in [0.3, 0.4) is 0 Å². The first-order valence-electron chi connectivity index (χ1n) is 18.1. The molecule has 0 spiro atoms. The molecule has 0 saturated heterocycles. The summed E-state index contributed by atoms with van der Waals surface area (Å²) in [5, 5.41) is 3.92. The largest absolute Gasteiger partial charge is 0.456 e. The highest BCUT2D eigenvalue weighted by Crippen LogP contribution is 2.50. The summed E-state index contributed by atoms with van der Waals surface area (Å²) < 4.78 is 13.2. The van der Waals surface area contributed by atoms with Crippen molar-refractivity contribution >= 4 is 44.0 Å². The fraction of sp³-hybridized carbons (Fsp3) is 0.0612. The summed E-state index contributed by atoms with van der Waals surface area (Å²) in [6, 6.07) is 55.4. The summed E-state index contributed by atoms with van der Waals surface area (Å²) in [6.45, 7) is 4.65. The zero-order valence-corrected chi connectivity index (χ0v) is 29.2. The van der Waals surface area contributed by atoms with Crippen molar-refractivity contribution in [2.75, 3.05) is 0 Å². The van der Waals surface area contributed by atoms with Crippen molar-refractivity contribution in [3.63, 3.8) is 0 Å². The van der Waals surface area contributed by atoms with Crippen molar-refractivity contribution in [1.82, 2.24) is 9.97 Å². The maximum atomic E-state index is 6.67. The number of aromatic nitrogens is 2. The Morgan fingerprint density at radius 1 is 0.415 bits per heavy atom. The van der Waals surface area contributed by atoms with Crippen LogP contribution in [0.2, 0.25) is 0 Å². The maximum Gasteiger partial charge on any atom is 0.231 e. The van der Waals surface area contributed by atoms with Crippen LogP contribution >= 0.6 is 0 Å². The zero-order chi connectivity index (χ0) is 35.3. The van der Waals surface area contributed by atoms with E-state index in [1.54, 1.807) is 0 Å². The zero-order valence-electron chi connectivity index (χ0n) is 29.2. The lowest BCUT2D eigenvalue weighted by Gasteiger charge is -2.22. The molecule has 1 aliphatic carbocycles. The van der Waals surface area contributed by atoms with Crippen molar-refractivity contribution in [1.29, 1.82) is 0 Å². The summed E-state index contributed by atoms with van der Waals surface area (Å²) >= 11 is 0. The second-order valence-electron chi connectivity index (χ2n) is 14.5. The molecular formula is C49H32N2O2. The maximum absolute atomic E-state index is 6.67. The minimum absolute atomic E-state index is 0.0686. The summed E-state index contributed by atoms with van der Waals surface area (Å²) in [5.74, 6) is 0.615. The van der Waals surface area contributed by atoms with Gasteiger partial charge in [0, 0.05) is 32.7 Å². The number of hydrogen-bond acceptors (Lipinski definition) is 4. The van der Waals surface area contributed by atoms with E-state index in [1.807, 2.05) is 48.5 Å². The van der Waals surface area contributed by atoms with Gasteiger partial charge in [-0.3, -0.25) is 0 Å². The monoisotopic (exact) mass is 680 g/mol. The van der Waals surface area contributed by atoms with Gasteiger partial charge in [0.2, 0.25) is 5.71 Å². The van der Waals surface area contributed by atoms with Crippen LogP contribution in [0.5, 0.6) is 0 Å². The van der Waals surface area contributed by atoms with Gasteiger partial charge in [-0.05, 0) is 80.9 Å². The summed E-state index contributed by atoms with van der Waals surface area (Å²) in [7, 11) is 0. The Balaban J connectivity index is 1.11. The Morgan fingerprint density at radius 2 is 1.09 bits per heavy atom. The molecule has 0 amide bonds. The molecule has 0 saturated carbocycles. The molecule has 0 fully saturated rings. The molecule has 3 aromatic heterocycles. The van der Waals surface area contributed by atoms with Crippen LogP contribution in [-0.2, 0) is 5.41 Å². The fourth-order valence-electron chi connectivity index (χ4n) is 8.48. The molecule has 10 aromatic rings. The number of nitrogens with zero attached hydrogens (tertiary/aromatic N) is 2. The standard InChI is InChI=1S/C49H32N2O2/c1-49(2)39-18-10-9-16-34(39)35-23-20-32(27-40(35)49)33-21-24-36-43(28-33)52-42-19-11-17-37(44(36)42)46-45-38-26-31(29-12-5-3-6-13-29)22-25-41(38)53-48(45)51-47(50-46)30-14-7-4-8-15-30/h3-28H,1-2H3. The molecule has 0 atom stereocenters. The molecule has 0 N–H and O–H groups in total. The molecular weight excluding hydrogens is 649 g/mol. The smallest absolute Gasteiger partial charge is 0.231 e. The molecule has 0 aliphatic heterocycles. The number of benzene rings is 7. The lowest BCUT2D eigenvalue weighted by Crippen LogP contribution is -2.14. The number of furan rings is 2. The molecule has 0 unspecified atom stereocenters. The van der Waals surface area contributed by atoms with Crippen LogP contribution < -0.4 is 0 Å². The third-order valence-electron chi connectivity index (χ3n) is 11.1. The van der Waals surface area contributed by atoms with E-state index in [9.17, 15) is 0 Å². The first-order chi connectivity index (χ1) is 26.0. The molecule has 250 valence electrons. The van der Waals surface area contributed by atoms with Crippen LogP contribution in [0.25, 0.3) is 100 Å². The molecule has 1 aliphatic rings. The third kappa shape index (κ3) is 4.49. The lowest BCUT2D eigenvalue weighted by molar-refractivity contribution is 0.653. The highest BCUT2D eigenvalue weighted by molar-refractivity contribution is 6.18. The molecule has 0 radical (unpaired) electrons. The normalized spacial score (nSPS) is 13.2. The number of hydrogen-bond donors (Lipinski definition) is 0. The highest BCUT2D eigenvalue weighted by Gasteiger charge is 2.35. The van der Waals surface area contributed by atoms with Crippen molar-refractivity contribution in [3.05, 3.63) is 169 Å². The number of rotatable bonds is 4. The second kappa shape index (κ2) is 11.1. The predicted octanol–water partition coefficient (Wildman–Crippen LogP) is 13.2. The van der Waals surface area contributed by atoms with Gasteiger partial charge in [-0.15, -0.1) is 0 Å². The van der Waals surface area contributed by atoms with E-state index in [2.05, 4.69) is 123 Å². The van der Waals surface area contributed by atoms with E-state index in [0.717, 1.165) is 71.8 Å². The van der Waals surface area contributed by atoms with E-state index in [1.165, 1.54) is 27.8 Å². The summed E-state index contributed by atoms with van der Waals surface area (Å²) in [5.41, 5.74) is 15.6. The van der Waals surface area contributed by atoms with Gasteiger partial charge < -0.3 is 8.83 Å². The van der Waals surface area contributed by atoms with Crippen LogP contribution in [0.1, 0.15) is 25.0 Å². The van der Waals surface area contributed by atoms with Gasteiger partial charge in [0.1, 0.15) is 16.7 Å². The van der Waals surface area contributed by atoms with Gasteiger partial charge in [0.15, 0.2) is 5.82 Å². The summed E-state index contributed by atoms with van der Waals surface area (Å²) in [6.07, 6.45) is 0. The van der Waals surface area contributed by atoms with Crippen LogP contribution in [-0.4, -0.2) is 9.97 Å². The van der Waals surface area contributed by atoms with Crippen LogP contribution in [0.4, 0.5) is 0 Å². The van der Waals surface area contributed by atoms with E-state index in [-0.39, 0.29) is 5.41 Å². The first-order valence-corrected chi connectivity index (χ1v) is 18.1. The van der Waals surface area contributed by atoms with Crippen molar-refractivity contribution < 1.29 is 8.83 Å². The molecule has 4 heteroatoms. The van der Waals surface area contributed by atoms with E-state index < -0.39 is 0 Å². The van der Waals surface area contributed by atoms with Gasteiger partial charge in [-0.2, -0.15) is 4.98 Å². The second-order valence-corrected chi connectivity index (χ2v) is 14.5. The van der Waals surface area contributed by atoms with Gasteiger partial charge in [0.25, 0.3) is 0 Å². The molecule has 7 aromatic carbocycles. The molecule has 0 bridgehead atoms. The Kier molecular flexibility index (Phi) is 6.27. The fourth-order valence-corrected chi connectivity index (χ4v) is 8.48. The summed E-state index contributed by atoms with van der Waals surface area (Å²) in [4.78, 5) is 10.3. The van der Waals surface area contributed by atoms with Crippen LogP contribution in [0, 0.1) is 0 Å². The quantitative estimate of drug-likeness (QED) is 0.186.